The molecule has 1 aromatic heterocycles. The number of nitrogens with zero attached hydrogens (tertiary/aromatic N) is 2. The van der Waals surface area contributed by atoms with Crippen LogP contribution in [-0.2, 0) is 18.3 Å². The van der Waals surface area contributed by atoms with E-state index in [1.807, 2.05) is 34.9 Å². The molecule has 7 heteroatoms. The number of halogens is 3. The predicted molar refractivity (Wildman–Crippen MR) is 59.6 cm³/mol. The molecule has 0 unspecified atom stereocenters. The van der Waals surface area contributed by atoms with Crippen molar-refractivity contribution >= 4 is 40.7 Å². The number of rotatable bonds is 3. The SMILES string of the molecule is C[n+]1ccn(CCOC(=N)C(Cl)(Cl)Cl)c1. The Labute approximate surface area is 103 Å². The first kappa shape index (κ1) is 12.6. The van der Waals surface area contributed by atoms with Crippen molar-refractivity contribution in [3.63, 3.8) is 0 Å². The zero-order chi connectivity index (χ0) is 11.5. The molecule has 1 rings (SSSR count). The predicted octanol–water partition coefficient (Wildman–Crippen LogP) is 1.68. The van der Waals surface area contributed by atoms with Crippen LogP contribution < -0.4 is 4.57 Å². The van der Waals surface area contributed by atoms with Gasteiger partial charge < -0.3 is 4.74 Å². The van der Waals surface area contributed by atoms with E-state index in [9.17, 15) is 0 Å². The van der Waals surface area contributed by atoms with Crippen LogP contribution >= 0.6 is 34.8 Å². The molecule has 0 aromatic carbocycles. The second-order valence-corrected chi connectivity index (χ2v) is 5.27. The molecular formula is C8H11Cl3N3O+. The normalized spacial score (nSPS) is 11.5. The van der Waals surface area contributed by atoms with Gasteiger partial charge in [0.1, 0.15) is 25.5 Å². The molecule has 1 heterocycles. The fourth-order valence-corrected chi connectivity index (χ4v) is 1.13. The smallest absolute Gasteiger partial charge is 0.265 e. The van der Waals surface area contributed by atoms with Gasteiger partial charge in [-0.3, -0.25) is 5.41 Å². The van der Waals surface area contributed by atoms with Crippen molar-refractivity contribution in [2.45, 2.75) is 10.3 Å². The lowest BCUT2D eigenvalue weighted by Crippen LogP contribution is -2.25. The van der Waals surface area contributed by atoms with Crippen molar-refractivity contribution in [2.75, 3.05) is 6.61 Å². The highest BCUT2D eigenvalue weighted by molar-refractivity contribution is 6.76. The number of alkyl halides is 3. The van der Waals surface area contributed by atoms with Crippen LogP contribution in [0.1, 0.15) is 0 Å². The van der Waals surface area contributed by atoms with Crippen LogP contribution in [0.3, 0.4) is 0 Å². The summed E-state index contributed by atoms with van der Waals surface area (Å²) in [6, 6.07) is 0. The summed E-state index contributed by atoms with van der Waals surface area (Å²) in [6.07, 6.45) is 5.69. The molecular weight excluding hydrogens is 260 g/mol. The van der Waals surface area contributed by atoms with Gasteiger partial charge in [-0.05, 0) is 0 Å². The summed E-state index contributed by atoms with van der Waals surface area (Å²) in [4.78, 5) is 0. The molecule has 1 N–H and O–H groups in total. The molecule has 0 saturated carbocycles. The van der Waals surface area contributed by atoms with Crippen LogP contribution in [-0.4, -0.2) is 20.9 Å². The molecule has 15 heavy (non-hydrogen) atoms. The minimum Gasteiger partial charge on any atom is -0.474 e. The molecule has 0 aliphatic heterocycles. The first-order valence-corrected chi connectivity index (χ1v) is 5.32. The Kier molecular flexibility index (Phi) is 4.25. The average Bonchev–Trinajstić information content (AvgIpc) is 2.49. The highest BCUT2D eigenvalue weighted by atomic mass is 35.6. The molecule has 0 radical (unpaired) electrons. The number of hydrogen-bond donors (Lipinski definition) is 1. The van der Waals surface area contributed by atoms with Crippen molar-refractivity contribution in [2.24, 2.45) is 7.05 Å². The topological polar surface area (TPSA) is 41.9 Å². The van der Waals surface area contributed by atoms with E-state index >= 15 is 0 Å². The lowest BCUT2D eigenvalue weighted by atomic mass is 10.6. The summed E-state index contributed by atoms with van der Waals surface area (Å²) >= 11 is 16.3. The first-order valence-electron chi connectivity index (χ1n) is 4.19. The largest absolute Gasteiger partial charge is 0.474 e. The number of nitrogens with one attached hydrogen (secondary N) is 1. The van der Waals surface area contributed by atoms with Crippen LogP contribution in [0, 0.1) is 5.41 Å². The van der Waals surface area contributed by atoms with Crippen molar-refractivity contribution in [1.82, 2.24) is 4.57 Å². The van der Waals surface area contributed by atoms with E-state index in [0.29, 0.717) is 13.2 Å². The minimum absolute atomic E-state index is 0.293. The maximum Gasteiger partial charge on any atom is 0.265 e. The lowest BCUT2D eigenvalue weighted by molar-refractivity contribution is -0.671. The highest BCUT2D eigenvalue weighted by Gasteiger charge is 2.28. The van der Waals surface area contributed by atoms with Gasteiger partial charge in [0.2, 0.25) is 12.2 Å². The molecule has 0 spiro atoms. The Morgan fingerprint density at radius 2 is 2.20 bits per heavy atom. The number of hydrogen-bond acceptors (Lipinski definition) is 2. The maximum absolute atomic E-state index is 7.28. The third kappa shape index (κ3) is 4.28. The van der Waals surface area contributed by atoms with E-state index in [-0.39, 0.29) is 5.90 Å². The fraction of sp³-hybridized carbons (Fsp3) is 0.500. The first-order chi connectivity index (χ1) is 6.89. The molecule has 0 saturated heterocycles. The third-order valence-corrected chi connectivity index (χ3v) is 2.19. The van der Waals surface area contributed by atoms with Gasteiger partial charge in [0.15, 0.2) is 0 Å². The number of aromatic nitrogens is 2. The lowest BCUT2D eigenvalue weighted by Gasteiger charge is -2.12. The number of ether oxygens (including phenoxy) is 1. The Hall–Kier alpha value is -0.450. The molecule has 0 fully saturated rings. The second-order valence-electron chi connectivity index (χ2n) is 2.99. The third-order valence-electron chi connectivity index (χ3n) is 1.68. The van der Waals surface area contributed by atoms with Crippen LogP contribution in [0.2, 0.25) is 0 Å². The molecule has 0 amide bonds. The van der Waals surface area contributed by atoms with Gasteiger partial charge in [0.05, 0.1) is 7.05 Å². The van der Waals surface area contributed by atoms with Gasteiger partial charge in [-0.2, -0.15) is 0 Å². The van der Waals surface area contributed by atoms with Crippen molar-refractivity contribution in [3.05, 3.63) is 18.7 Å². The van der Waals surface area contributed by atoms with Crippen molar-refractivity contribution < 1.29 is 9.30 Å². The fourth-order valence-electron chi connectivity index (χ4n) is 0.969. The summed E-state index contributed by atoms with van der Waals surface area (Å²) < 4.78 is 7.01. The zero-order valence-electron chi connectivity index (χ0n) is 8.08. The molecule has 0 bridgehead atoms. The van der Waals surface area contributed by atoms with Gasteiger partial charge in [-0.15, -0.1) is 0 Å². The Balaban J connectivity index is 2.31. The standard InChI is InChI=1S/C8H11Cl3N3O/c1-13-2-3-14(6-13)4-5-15-7(12)8(9,10)11/h2-3,6,12H,4-5H2,1H3/q+1. The van der Waals surface area contributed by atoms with E-state index in [1.165, 1.54) is 0 Å². The summed E-state index contributed by atoms with van der Waals surface area (Å²) in [5, 5.41) is 7.28. The second kappa shape index (κ2) is 5.05. The Bertz CT molecular complexity index is 345. The average molecular weight is 272 g/mol. The van der Waals surface area contributed by atoms with E-state index in [0.717, 1.165) is 0 Å². The van der Waals surface area contributed by atoms with Gasteiger partial charge in [-0.1, -0.05) is 34.8 Å². The van der Waals surface area contributed by atoms with Crippen LogP contribution in [0.4, 0.5) is 0 Å². The monoisotopic (exact) mass is 270 g/mol. The summed E-state index contributed by atoms with van der Waals surface area (Å²) in [6.45, 7) is 0.894. The molecule has 0 atom stereocenters. The molecule has 84 valence electrons. The van der Waals surface area contributed by atoms with Gasteiger partial charge in [-0.25, -0.2) is 9.13 Å². The van der Waals surface area contributed by atoms with E-state index in [2.05, 4.69) is 0 Å². The van der Waals surface area contributed by atoms with Gasteiger partial charge >= 0.3 is 0 Å². The maximum atomic E-state index is 7.28. The van der Waals surface area contributed by atoms with Gasteiger partial charge in [0.25, 0.3) is 3.79 Å². The van der Waals surface area contributed by atoms with E-state index < -0.39 is 3.79 Å². The van der Waals surface area contributed by atoms with Crippen molar-refractivity contribution in [1.29, 1.82) is 5.41 Å². The highest BCUT2D eigenvalue weighted by Crippen LogP contribution is 2.27. The molecule has 0 aliphatic rings. The number of imidazole rings is 1. The molecule has 1 aromatic rings. The quantitative estimate of drug-likeness (QED) is 0.386. The molecule has 0 aliphatic carbocycles. The van der Waals surface area contributed by atoms with E-state index in [1.54, 1.807) is 0 Å². The minimum atomic E-state index is -1.78. The van der Waals surface area contributed by atoms with Gasteiger partial charge in [0, 0.05) is 0 Å². The summed E-state index contributed by atoms with van der Waals surface area (Å²) in [7, 11) is 1.92. The number of aryl methyl sites for hydroxylation is 1. The summed E-state index contributed by atoms with van der Waals surface area (Å²) in [5.41, 5.74) is 0. The zero-order valence-corrected chi connectivity index (χ0v) is 10.4. The molecule has 4 nitrogen and oxygen atoms in total. The van der Waals surface area contributed by atoms with Crippen molar-refractivity contribution in [3.8, 4) is 0 Å². The van der Waals surface area contributed by atoms with Crippen LogP contribution in [0.25, 0.3) is 0 Å². The van der Waals surface area contributed by atoms with Crippen LogP contribution in [0.5, 0.6) is 0 Å². The Morgan fingerprint density at radius 3 is 2.67 bits per heavy atom. The van der Waals surface area contributed by atoms with E-state index in [4.69, 9.17) is 44.9 Å². The Morgan fingerprint density at radius 1 is 1.53 bits per heavy atom. The van der Waals surface area contributed by atoms with Crippen LogP contribution in [0.15, 0.2) is 18.7 Å². The summed E-state index contributed by atoms with van der Waals surface area (Å²) in [5.74, 6) is -0.357.